The summed E-state index contributed by atoms with van der Waals surface area (Å²) < 4.78 is 0. The van der Waals surface area contributed by atoms with E-state index >= 15 is 0 Å². The highest BCUT2D eigenvalue weighted by molar-refractivity contribution is 5.48. The first-order valence-electron chi connectivity index (χ1n) is 3.89. The van der Waals surface area contributed by atoms with Crippen LogP contribution in [0.5, 0.6) is 17.2 Å². The maximum atomic E-state index is 9.33. The number of hydrogen-bond donors (Lipinski definition) is 4. The maximum Gasteiger partial charge on any atom is 0.126 e. The van der Waals surface area contributed by atoms with Gasteiger partial charge in [0, 0.05) is 24.7 Å². The van der Waals surface area contributed by atoms with Crippen molar-refractivity contribution < 1.29 is 15.3 Å². The number of aromatic hydroxyl groups is 3. The lowest BCUT2D eigenvalue weighted by atomic mass is 10.1. The molecule has 1 aromatic rings. The minimum Gasteiger partial charge on any atom is -0.508 e. The van der Waals surface area contributed by atoms with Crippen LogP contribution in [0.3, 0.4) is 0 Å². The lowest BCUT2D eigenvalue weighted by molar-refractivity contribution is 0.418. The molecule has 0 aromatic heterocycles. The van der Waals surface area contributed by atoms with E-state index in [1.165, 1.54) is 12.1 Å². The van der Waals surface area contributed by atoms with Crippen LogP contribution in [0.25, 0.3) is 0 Å². The second-order valence-electron chi connectivity index (χ2n) is 2.71. The molecule has 1 aromatic carbocycles. The molecule has 0 saturated carbocycles. The third-order valence-electron chi connectivity index (χ3n) is 1.74. The predicted octanol–water partition coefficient (Wildman–Crippen LogP) is 0.727. The summed E-state index contributed by atoms with van der Waals surface area (Å²) in [6.45, 7) is 0.548. The molecule has 1 rings (SSSR count). The quantitative estimate of drug-likeness (QED) is 0.556. The van der Waals surface area contributed by atoms with Gasteiger partial charge in [0.1, 0.15) is 17.2 Å². The molecule has 71 valence electrons. The average Bonchev–Trinajstić information content (AvgIpc) is 2.02. The molecule has 0 unspecified atom stereocenters. The number of nitrogens with one attached hydrogen (secondary N) is 1. The minimum atomic E-state index is -0.152. The summed E-state index contributed by atoms with van der Waals surface area (Å²) in [7, 11) is 3.41. The van der Waals surface area contributed by atoms with Crippen LogP contribution in [-0.4, -0.2) is 21.9 Å². The monoisotopic (exact) mass is 182 g/mol. The zero-order valence-corrected chi connectivity index (χ0v) is 7.12. The van der Waals surface area contributed by atoms with Crippen molar-refractivity contribution in [3.63, 3.8) is 0 Å². The van der Waals surface area contributed by atoms with Crippen molar-refractivity contribution in [2.45, 2.75) is 6.42 Å². The molecule has 4 heteroatoms. The van der Waals surface area contributed by atoms with Crippen molar-refractivity contribution in [3.8, 4) is 17.2 Å². The summed E-state index contributed by atoms with van der Waals surface area (Å²) in [4.78, 5) is 0. The van der Waals surface area contributed by atoms with E-state index in [9.17, 15) is 10.2 Å². The molecule has 1 radical (unpaired) electrons. The molecular formula is C9H12NO3. The van der Waals surface area contributed by atoms with Gasteiger partial charge >= 0.3 is 0 Å². The van der Waals surface area contributed by atoms with E-state index in [-0.39, 0.29) is 17.2 Å². The summed E-state index contributed by atoms with van der Waals surface area (Å²) in [5.74, 6) is -0.359. The lowest BCUT2D eigenvalue weighted by Gasteiger charge is -2.07. The molecule has 0 bridgehead atoms. The van der Waals surface area contributed by atoms with Crippen molar-refractivity contribution in [3.05, 3.63) is 24.7 Å². The second kappa shape index (κ2) is 4.00. The molecule has 0 saturated heterocycles. The molecular weight excluding hydrogens is 170 g/mol. The van der Waals surface area contributed by atoms with Gasteiger partial charge < -0.3 is 20.6 Å². The SMILES string of the molecule is [CH2]NCCc1c(O)cc(O)cc1O. The van der Waals surface area contributed by atoms with Gasteiger partial charge in [0.2, 0.25) is 0 Å². The van der Waals surface area contributed by atoms with E-state index in [4.69, 9.17) is 5.11 Å². The minimum absolute atomic E-state index is 0.104. The molecule has 0 atom stereocenters. The highest BCUT2D eigenvalue weighted by Gasteiger charge is 2.08. The fourth-order valence-corrected chi connectivity index (χ4v) is 1.10. The van der Waals surface area contributed by atoms with E-state index in [0.717, 1.165) is 0 Å². The van der Waals surface area contributed by atoms with Crippen molar-refractivity contribution in [1.29, 1.82) is 0 Å². The molecule has 4 N–H and O–H groups in total. The van der Waals surface area contributed by atoms with Gasteiger partial charge in [-0.3, -0.25) is 0 Å². The first-order chi connectivity index (χ1) is 6.15. The van der Waals surface area contributed by atoms with E-state index < -0.39 is 0 Å². The van der Waals surface area contributed by atoms with E-state index in [2.05, 4.69) is 12.4 Å². The van der Waals surface area contributed by atoms with Gasteiger partial charge in [0.25, 0.3) is 0 Å². The highest BCUT2D eigenvalue weighted by Crippen LogP contribution is 2.31. The number of rotatable bonds is 3. The summed E-state index contributed by atoms with van der Waals surface area (Å²) in [5.41, 5.74) is 0.411. The zero-order chi connectivity index (χ0) is 9.84. The Kier molecular flexibility index (Phi) is 2.97. The molecule has 0 fully saturated rings. The second-order valence-corrected chi connectivity index (χ2v) is 2.71. The van der Waals surface area contributed by atoms with Crippen LogP contribution >= 0.6 is 0 Å². The van der Waals surface area contributed by atoms with Gasteiger partial charge in [-0.05, 0) is 13.0 Å². The third kappa shape index (κ3) is 2.26. The standard InChI is InChI=1S/C9H12NO3/c1-10-3-2-7-8(12)4-6(11)5-9(7)13/h4-5,10-13H,1-3H2. The Morgan fingerprint density at radius 2 is 1.69 bits per heavy atom. The van der Waals surface area contributed by atoms with E-state index in [1.54, 1.807) is 0 Å². The molecule has 0 amide bonds. The topological polar surface area (TPSA) is 72.7 Å². The van der Waals surface area contributed by atoms with Gasteiger partial charge in [-0.25, -0.2) is 0 Å². The summed E-state index contributed by atoms with van der Waals surface area (Å²) in [6.07, 6.45) is 0.460. The Labute approximate surface area is 76.5 Å². The largest absolute Gasteiger partial charge is 0.508 e. The van der Waals surface area contributed by atoms with Crippen molar-refractivity contribution in [1.82, 2.24) is 5.32 Å². The first kappa shape index (κ1) is 9.67. The molecule has 0 heterocycles. The number of benzene rings is 1. The van der Waals surface area contributed by atoms with Gasteiger partial charge in [-0.2, -0.15) is 0 Å². The van der Waals surface area contributed by atoms with Crippen LogP contribution in [-0.2, 0) is 6.42 Å². The average molecular weight is 182 g/mol. The number of phenols is 3. The van der Waals surface area contributed by atoms with Gasteiger partial charge in [0.05, 0.1) is 0 Å². The molecule has 13 heavy (non-hydrogen) atoms. The van der Waals surface area contributed by atoms with Crippen LogP contribution in [0, 0.1) is 7.05 Å². The van der Waals surface area contributed by atoms with Crippen molar-refractivity contribution >= 4 is 0 Å². The maximum absolute atomic E-state index is 9.33. The first-order valence-corrected chi connectivity index (χ1v) is 3.89. The van der Waals surface area contributed by atoms with Gasteiger partial charge in [-0.15, -0.1) is 0 Å². The summed E-state index contributed by atoms with van der Waals surface area (Å²) in [5, 5.41) is 30.3. The van der Waals surface area contributed by atoms with Crippen molar-refractivity contribution in [2.75, 3.05) is 6.54 Å². The van der Waals surface area contributed by atoms with Crippen molar-refractivity contribution in [2.24, 2.45) is 0 Å². The highest BCUT2D eigenvalue weighted by atomic mass is 16.3. The third-order valence-corrected chi connectivity index (χ3v) is 1.74. The van der Waals surface area contributed by atoms with Gasteiger partial charge in [0.15, 0.2) is 0 Å². The van der Waals surface area contributed by atoms with Gasteiger partial charge in [-0.1, -0.05) is 0 Å². The summed E-state index contributed by atoms with van der Waals surface area (Å²) in [6, 6.07) is 2.39. The normalized spacial score (nSPS) is 10.2. The molecule has 0 aliphatic carbocycles. The lowest BCUT2D eigenvalue weighted by Crippen LogP contribution is -2.07. The molecule has 0 spiro atoms. The molecule has 0 aliphatic heterocycles. The Balaban J connectivity index is 2.92. The summed E-state index contributed by atoms with van der Waals surface area (Å²) >= 11 is 0. The molecule has 4 nitrogen and oxygen atoms in total. The van der Waals surface area contributed by atoms with Crippen LogP contribution in [0.1, 0.15) is 5.56 Å². The Morgan fingerprint density at radius 1 is 1.15 bits per heavy atom. The van der Waals surface area contributed by atoms with E-state index in [0.29, 0.717) is 18.5 Å². The zero-order valence-electron chi connectivity index (χ0n) is 7.12. The Morgan fingerprint density at radius 3 is 2.15 bits per heavy atom. The smallest absolute Gasteiger partial charge is 0.126 e. The number of hydrogen-bond acceptors (Lipinski definition) is 4. The fourth-order valence-electron chi connectivity index (χ4n) is 1.10. The van der Waals surface area contributed by atoms with Crippen LogP contribution in [0.15, 0.2) is 12.1 Å². The van der Waals surface area contributed by atoms with Crippen LogP contribution in [0.4, 0.5) is 0 Å². The Bertz CT molecular complexity index is 276. The van der Waals surface area contributed by atoms with Crippen LogP contribution in [0.2, 0.25) is 0 Å². The Hall–Kier alpha value is -1.42. The predicted molar refractivity (Wildman–Crippen MR) is 48.5 cm³/mol. The fraction of sp³-hybridized carbons (Fsp3) is 0.222. The number of phenolic OH excluding ortho intramolecular Hbond substituents is 3. The van der Waals surface area contributed by atoms with E-state index in [1.807, 2.05) is 0 Å². The molecule has 0 aliphatic rings. The van der Waals surface area contributed by atoms with Crippen LogP contribution < -0.4 is 5.32 Å².